The summed E-state index contributed by atoms with van der Waals surface area (Å²) in [6, 6.07) is 0. The van der Waals surface area contributed by atoms with Gasteiger partial charge in [0.25, 0.3) is 0 Å². The SMILES string of the molecule is CCC/C=C\CCCCCCCC(=O)OCC(COC(=O)CCCCCCCCCCCCCCCCCCC/C=C\CCCCCCCCCC)OC(=O)CCCCCCCCCCCCCCCCCCCC. The molecule has 6 heteroatoms. The fourth-order valence-electron chi connectivity index (χ4n) is 10.3. The van der Waals surface area contributed by atoms with Gasteiger partial charge in [-0.25, -0.2) is 0 Å². The Morgan fingerprint density at radius 3 is 0.720 bits per heavy atom. The maximum Gasteiger partial charge on any atom is 0.306 e. The number of hydrogen-bond acceptors (Lipinski definition) is 6. The van der Waals surface area contributed by atoms with Crippen molar-refractivity contribution >= 4 is 17.9 Å². The lowest BCUT2D eigenvalue weighted by atomic mass is 10.0. The van der Waals surface area contributed by atoms with E-state index in [9.17, 15) is 14.4 Å². The molecule has 0 fully saturated rings. The number of unbranched alkanes of at least 4 members (excludes halogenated alkanes) is 48. The average molecular weight is 1060 g/mol. The van der Waals surface area contributed by atoms with Crippen LogP contribution >= 0.6 is 0 Å². The highest BCUT2D eigenvalue weighted by molar-refractivity contribution is 5.71. The molecule has 0 aromatic carbocycles. The number of allylic oxidation sites excluding steroid dienone is 4. The van der Waals surface area contributed by atoms with Crippen molar-refractivity contribution in [3.05, 3.63) is 24.3 Å². The normalized spacial score (nSPS) is 12.1. The van der Waals surface area contributed by atoms with Gasteiger partial charge >= 0.3 is 17.9 Å². The molecule has 0 rings (SSSR count). The first-order valence-corrected chi connectivity index (χ1v) is 33.8. The quantitative estimate of drug-likeness (QED) is 0.0261. The summed E-state index contributed by atoms with van der Waals surface area (Å²) in [5, 5.41) is 0. The number of rotatable bonds is 63. The Hall–Kier alpha value is -2.11. The van der Waals surface area contributed by atoms with Crippen LogP contribution in [0.5, 0.6) is 0 Å². The monoisotopic (exact) mass is 1050 g/mol. The summed E-state index contributed by atoms with van der Waals surface area (Å²) in [6.45, 7) is 6.64. The summed E-state index contributed by atoms with van der Waals surface area (Å²) in [5.41, 5.74) is 0. The number of carbonyl (C=O) groups excluding carboxylic acids is 3. The molecule has 0 N–H and O–H groups in total. The maximum atomic E-state index is 12.9. The van der Waals surface area contributed by atoms with Gasteiger partial charge in [-0.3, -0.25) is 14.4 Å². The molecule has 0 aliphatic heterocycles. The van der Waals surface area contributed by atoms with Gasteiger partial charge in [-0.1, -0.05) is 321 Å². The maximum absolute atomic E-state index is 12.9. The first-order valence-electron chi connectivity index (χ1n) is 33.8. The lowest BCUT2D eigenvalue weighted by Gasteiger charge is -2.18. The Morgan fingerprint density at radius 1 is 0.253 bits per heavy atom. The van der Waals surface area contributed by atoms with Crippen molar-refractivity contribution in [3.8, 4) is 0 Å². The van der Waals surface area contributed by atoms with Gasteiger partial charge in [0.2, 0.25) is 0 Å². The zero-order valence-electron chi connectivity index (χ0n) is 50.8. The Kier molecular flexibility index (Phi) is 62.6. The third-order valence-electron chi connectivity index (χ3n) is 15.4. The van der Waals surface area contributed by atoms with Gasteiger partial charge in [0.15, 0.2) is 6.10 Å². The van der Waals surface area contributed by atoms with Gasteiger partial charge in [0.05, 0.1) is 0 Å². The molecule has 442 valence electrons. The van der Waals surface area contributed by atoms with Crippen molar-refractivity contribution in [1.82, 2.24) is 0 Å². The number of ether oxygens (including phenoxy) is 3. The molecule has 0 saturated carbocycles. The number of carbonyl (C=O) groups is 3. The topological polar surface area (TPSA) is 78.9 Å². The minimum absolute atomic E-state index is 0.0680. The van der Waals surface area contributed by atoms with Crippen LogP contribution < -0.4 is 0 Å². The first kappa shape index (κ1) is 72.9. The molecule has 0 amide bonds. The summed E-state index contributed by atoms with van der Waals surface area (Å²) in [4.78, 5) is 38.2. The van der Waals surface area contributed by atoms with Gasteiger partial charge in [0.1, 0.15) is 13.2 Å². The molecule has 0 spiro atoms. The molecule has 0 saturated heterocycles. The second-order valence-corrected chi connectivity index (χ2v) is 23.1. The smallest absolute Gasteiger partial charge is 0.306 e. The zero-order chi connectivity index (χ0) is 54.3. The minimum atomic E-state index is -0.770. The largest absolute Gasteiger partial charge is 0.462 e. The van der Waals surface area contributed by atoms with Crippen molar-refractivity contribution in [3.63, 3.8) is 0 Å². The predicted molar refractivity (Wildman–Crippen MR) is 326 cm³/mol. The summed E-state index contributed by atoms with van der Waals surface area (Å²) < 4.78 is 16.9. The fourth-order valence-corrected chi connectivity index (χ4v) is 10.3. The highest BCUT2D eigenvalue weighted by Gasteiger charge is 2.19. The molecule has 0 aliphatic rings. The molecule has 0 aromatic heterocycles. The van der Waals surface area contributed by atoms with E-state index in [4.69, 9.17) is 14.2 Å². The van der Waals surface area contributed by atoms with Crippen LogP contribution in [0.1, 0.15) is 380 Å². The van der Waals surface area contributed by atoms with Crippen LogP contribution in [0.4, 0.5) is 0 Å². The van der Waals surface area contributed by atoms with E-state index in [1.807, 2.05) is 0 Å². The Bertz CT molecular complexity index is 1210. The molecular weight excluding hydrogens is 925 g/mol. The van der Waals surface area contributed by atoms with Crippen molar-refractivity contribution in [2.75, 3.05) is 13.2 Å². The van der Waals surface area contributed by atoms with E-state index < -0.39 is 6.10 Å². The van der Waals surface area contributed by atoms with Crippen LogP contribution in [0.25, 0.3) is 0 Å². The molecule has 1 atom stereocenters. The Balaban J connectivity index is 4.10. The molecule has 0 radical (unpaired) electrons. The second-order valence-electron chi connectivity index (χ2n) is 23.1. The third kappa shape index (κ3) is 62.6. The van der Waals surface area contributed by atoms with Crippen LogP contribution in [-0.4, -0.2) is 37.2 Å². The third-order valence-corrected chi connectivity index (χ3v) is 15.4. The Labute approximate surface area is 468 Å². The molecule has 0 heterocycles. The van der Waals surface area contributed by atoms with Gasteiger partial charge in [-0.05, 0) is 64.2 Å². The van der Waals surface area contributed by atoms with E-state index in [-0.39, 0.29) is 31.1 Å². The summed E-state index contributed by atoms with van der Waals surface area (Å²) >= 11 is 0. The zero-order valence-corrected chi connectivity index (χ0v) is 50.8. The molecular formula is C69H130O6. The van der Waals surface area contributed by atoms with Crippen LogP contribution in [0.3, 0.4) is 0 Å². The molecule has 0 aromatic rings. The summed E-state index contributed by atoms with van der Waals surface area (Å²) in [5.74, 6) is -0.852. The van der Waals surface area contributed by atoms with E-state index >= 15 is 0 Å². The van der Waals surface area contributed by atoms with Crippen molar-refractivity contribution < 1.29 is 28.6 Å². The molecule has 6 nitrogen and oxygen atoms in total. The molecule has 1 unspecified atom stereocenters. The average Bonchev–Trinajstić information content (AvgIpc) is 3.41. The van der Waals surface area contributed by atoms with Gasteiger partial charge in [0, 0.05) is 19.3 Å². The lowest BCUT2D eigenvalue weighted by molar-refractivity contribution is -0.167. The lowest BCUT2D eigenvalue weighted by Crippen LogP contribution is -2.30. The molecule has 75 heavy (non-hydrogen) atoms. The second kappa shape index (κ2) is 64.4. The summed E-state index contributed by atoms with van der Waals surface area (Å²) in [7, 11) is 0. The van der Waals surface area contributed by atoms with Crippen LogP contribution in [0.15, 0.2) is 24.3 Å². The van der Waals surface area contributed by atoms with Crippen LogP contribution in [0, 0.1) is 0 Å². The van der Waals surface area contributed by atoms with Gasteiger partial charge in [-0.15, -0.1) is 0 Å². The van der Waals surface area contributed by atoms with Crippen molar-refractivity contribution in [2.24, 2.45) is 0 Å². The predicted octanol–water partition coefficient (Wildman–Crippen LogP) is 23.0. The van der Waals surface area contributed by atoms with Crippen molar-refractivity contribution in [1.29, 1.82) is 0 Å². The van der Waals surface area contributed by atoms with Gasteiger partial charge in [-0.2, -0.15) is 0 Å². The van der Waals surface area contributed by atoms with E-state index in [1.165, 1.54) is 270 Å². The van der Waals surface area contributed by atoms with E-state index in [2.05, 4.69) is 45.1 Å². The van der Waals surface area contributed by atoms with Gasteiger partial charge < -0.3 is 14.2 Å². The highest BCUT2D eigenvalue weighted by Crippen LogP contribution is 2.18. The minimum Gasteiger partial charge on any atom is -0.462 e. The van der Waals surface area contributed by atoms with E-state index in [1.54, 1.807) is 0 Å². The number of hydrogen-bond donors (Lipinski definition) is 0. The van der Waals surface area contributed by atoms with E-state index in [0.29, 0.717) is 19.3 Å². The number of esters is 3. The van der Waals surface area contributed by atoms with Crippen molar-refractivity contribution in [2.45, 2.75) is 386 Å². The van der Waals surface area contributed by atoms with E-state index in [0.717, 1.165) is 70.6 Å². The van der Waals surface area contributed by atoms with Crippen LogP contribution in [-0.2, 0) is 28.6 Å². The molecule has 0 aliphatic carbocycles. The Morgan fingerprint density at radius 2 is 0.467 bits per heavy atom. The highest BCUT2D eigenvalue weighted by atomic mass is 16.6. The van der Waals surface area contributed by atoms with Crippen LogP contribution in [0.2, 0.25) is 0 Å². The molecule has 0 bridgehead atoms. The fraction of sp³-hybridized carbons (Fsp3) is 0.899. The first-order chi connectivity index (χ1) is 37.0. The standard InChI is InChI=1S/C69H130O6/c1-4-7-10-13-16-19-22-24-26-28-30-31-32-33-34-35-36-37-38-39-40-42-43-45-47-50-53-56-59-62-68(71)74-65-66(64-73-67(70)61-58-55-52-49-21-18-15-12-9-6-3)75-69(72)63-60-57-54-51-48-46-44-41-29-27-25-23-20-17-14-11-8-5-2/h12,15,28,30,66H,4-11,13-14,16-27,29,31-65H2,1-3H3/b15-12-,30-28-. The summed E-state index contributed by atoms with van der Waals surface area (Å²) in [6.07, 6.45) is 77.9.